The molecule has 0 atom stereocenters. The zero-order valence-corrected chi connectivity index (χ0v) is 12.8. The first-order chi connectivity index (χ1) is 10.0. The summed E-state index contributed by atoms with van der Waals surface area (Å²) in [6.45, 7) is 7.36. The molecule has 0 spiro atoms. The molecule has 0 saturated carbocycles. The highest BCUT2D eigenvalue weighted by Gasteiger charge is 2.01. The standard InChI is InChI=1S/C18H22FNO/c1-13(2)20-11-15-4-6-16(7-5-15)12-21-17-8-9-18(19)14(3)10-17/h4-10,13,20H,11-12H2,1-3H3. The van der Waals surface area contributed by atoms with E-state index in [4.69, 9.17) is 4.74 Å². The van der Waals surface area contributed by atoms with E-state index in [2.05, 4.69) is 43.4 Å². The SMILES string of the molecule is Cc1cc(OCc2ccc(CNC(C)C)cc2)ccc1F. The predicted molar refractivity (Wildman–Crippen MR) is 83.9 cm³/mol. The van der Waals surface area contributed by atoms with Gasteiger partial charge < -0.3 is 10.1 Å². The number of hydrogen-bond donors (Lipinski definition) is 1. The van der Waals surface area contributed by atoms with Crippen molar-refractivity contribution in [1.29, 1.82) is 0 Å². The molecule has 0 heterocycles. The third-order valence-corrected chi connectivity index (χ3v) is 3.27. The highest BCUT2D eigenvalue weighted by Crippen LogP contribution is 2.17. The lowest BCUT2D eigenvalue weighted by atomic mass is 10.1. The monoisotopic (exact) mass is 287 g/mol. The predicted octanol–water partition coefficient (Wildman–Crippen LogP) is 4.21. The van der Waals surface area contributed by atoms with Crippen molar-refractivity contribution in [2.45, 2.75) is 40.0 Å². The Bertz CT molecular complexity index is 578. The van der Waals surface area contributed by atoms with Crippen LogP contribution in [-0.4, -0.2) is 6.04 Å². The van der Waals surface area contributed by atoms with Gasteiger partial charge >= 0.3 is 0 Å². The third-order valence-electron chi connectivity index (χ3n) is 3.27. The van der Waals surface area contributed by atoms with Gasteiger partial charge in [0.15, 0.2) is 0 Å². The van der Waals surface area contributed by atoms with E-state index in [0.29, 0.717) is 24.0 Å². The fraction of sp³-hybridized carbons (Fsp3) is 0.333. The van der Waals surface area contributed by atoms with Crippen LogP contribution in [-0.2, 0) is 13.2 Å². The second-order valence-corrected chi connectivity index (χ2v) is 5.55. The van der Waals surface area contributed by atoms with E-state index in [9.17, 15) is 4.39 Å². The molecule has 3 heteroatoms. The molecule has 112 valence electrons. The molecular formula is C18H22FNO. The van der Waals surface area contributed by atoms with Crippen molar-refractivity contribution in [2.24, 2.45) is 0 Å². The molecule has 0 aromatic heterocycles. The van der Waals surface area contributed by atoms with E-state index in [1.165, 1.54) is 11.6 Å². The number of aryl methyl sites for hydroxylation is 1. The first-order valence-electron chi connectivity index (χ1n) is 7.25. The fourth-order valence-electron chi connectivity index (χ4n) is 1.95. The van der Waals surface area contributed by atoms with Gasteiger partial charge in [-0.1, -0.05) is 38.1 Å². The molecule has 0 amide bonds. The minimum Gasteiger partial charge on any atom is -0.489 e. The molecule has 0 bridgehead atoms. The minimum atomic E-state index is -0.204. The number of rotatable bonds is 6. The van der Waals surface area contributed by atoms with Gasteiger partial charge in [-0.3, -0.25) is 0 Å². The number of hydrogen-bond acceptors (Lipinski definition) is 2. The summed E-state index contributed by atoms with van der Waals surface area (Å²) in [7, 11) is 0. The Morgan fingerprint density at radius 3 is 2.33 bits per heavy atom. The number of halogens is 1. The molecule has 2 rings (SSSR count). The molecule has 0 aliphatic carbocycles. The molecule has 0 aliphatic rings. The Kier molecular flexibility index (Phi) is 5.34. The number of nitrogens with one attached hydrogen (secondary N) is 1. The van der Waals surface area contributed by atoms with Crippen LogP contribution in [0, 0.1) is 12.7 Å². The third kappa shape index (κ3) is 4.87. The summed E-state index contributed by atoms with van der Waals surface area (Å²) in [6.07, 6.45) is 0. The molecule has 21 heavy (non-hydrogen) atoms. The quantitative estimate of drug-likeness (QED) is 0.859. The van der Waals surface area contributed by atoms with E-state index in [1.54, 1.807) is 19.1 Å². The van der Waals surface area contributed by atoms with E-state index in [0.717, 1.165) is 12.1 Å². The fourth-order valence-corrected chi connectivity index (χ4v) is 1.95. The van der Waals surface area contributed by atoms with Gasteiger partial charge in [-0.2, -0.15) is 0 Å². The van der Waals surface area contributed by atoms with Gasteiger partial charge in [-0.05, 0) is 41.8 Å². The lowest BCUT2D eigenvalue weighted by Gasteiger charge is -2.10. The van der Waals surface area contributed by atoms with Crippen LogP contribution in [0.3, 0.4) is 0 Å². The highest BCUT2D eigenvalue weighted by molar-refractivity contribution is 5.29. The molecule has 0 aliphatic heterocycles. The van der Waals surface area contributed by atoms with Crippen molar-refractivity contribution in [3.8, 4) is 5.75 Å². The largest absolute Gasteiger partial charge is 0.489 e. The van der Waals surface area contributed by atoms with Gasteiger partial charge in [0.2, 0.25) is 0 Å². The van der Waals surface area contributed by atoms with Gasteiger partial charge in [-0.25, -0.2) is 4.39 Å². The maximum Gasteiger partial charge on any atom is 0.126 e. The zero-order chi connectivity index (χ0) is 15.2. The summed E-state index contributed by atoms with van der Waals surface area (Å²) < 4.78 is 18.9. The molecule has 0 saturated heterocycles. The van der Waals surface area contributed by atoms with Crippen LogP contribution in [0.2, 0.25) is 0 Å². The smallest absolute Gasteiger partial charge is 0.126 e. The Morgan fingerprint density at radius 1 is 1.05 bits per heavy atom. The number of ether oxygens (including phenoxy) is 1. The average molecular weight is 287 g/mol. The first kappa shape index (κ1) is 15.5. The maximum atomic E-state index is 13.2. The van der Waals surface area contributed by atoms with Crippen LogP contribution < -0.4 is 10.1 Å². The summed E-state index contributed by atoms with van der Waals surface area (Å²) in [5.74, 6) is 0.490. The van der Waals surface area contributed by atoms with Gasteiger partial charge in [0.05, 0.1) is 0 Å². The molecule has 0 radical (unpaired) electrons. The molecule has 2 aromatic carbocycles. The van der Waals surface area contributed by atoms with Crippen molar-refractivity contribution in [3.05, 3.63) is 65.0 Å². The van der Waals surface area contributed by atoms with Crippen LogP contribution in [0.1, 0.15) is 30.5 Å². The van der Waals surface area contributed by atoms with Crippen LogP contribution in [0.15, 0.2) is 42.5 Å². The zero-order valence-electron chi connectivity index (χ0n) is 12.8. The lowest BCUT2D eigenvalue weighted by molar-refractivity contribution is 0.305. The Hall–Kier alpha value is -1.87. The van der Waals surface area contributed by atoms with Crippen molar-refractivity contribution in [2.75, 3.05) is 0 Å². The van der Waals surface area contributed by atoms with E-state index < -0.39 is 0 Å². The van der Waals surface area contributed by atoms with E-state index in [1.807, 2.05) is 0 Å². The van der Waals surface area contributed by atoms with Gasteiger partial charge in [-0.15, -0.1) is 0 Å². The van der Waals surface area contributed by atoms with E-state index >= 15 is 0 Å². The summed E-state index contributed by atoms with van der Waals surface area (Å²) in [5.41, 5.74) is 2.96. The van der Waals surface area contributed by atoms with E-state index in [-0.39, 0.29) is 5.82 Å². The van der Waals surface area contributed by atoms with Crippen molar-refractivity contribution >= 4 is 0 Å². The Balaban J connectivity index is 1.89. The molecular weight excluding hydrogens is 265 g/mol. The summed E-state index contributed by atoms with van der Waals surface area (Å²) in [6, 6.07) is 13.6. The lowest BCUT2D eigenvalue weighted by Crippen LogP contribution is -2.21. The Morgan fingerprint density at radius 2 is 1.71 bits per heavy atom. The molecule has 2 nitrogen and oxygen atoms in total. The molecule has 0 unspecified atom stereocenters. The summed E-state index contributed by atoms with van der Waals surface area (Å²) in [5, 5.41) is 3.38. The van der Waals surface area contributed by atoms with Crippen LogP contribution in [0.5, 0.6) is 5.75 Å². The second kappa shape index (κ2) is 7.23. The maximum absolute atomic E-state index is 13.2. The van der Waals surface area contributed by atoms with Crippen LogP contribution in [0.4, 0.5) is 4.39 Å². The first-order valence-corrected chi connectivity index (χ1v) is 7.25. The van der Waals surface area contributed by atoms with Crippen LogP contribution in [0.25, 0.3) is 0 Å². The second-order valence-electron chi connectivity index (χ2n) is 5.55. The van der Waals surface area contributed by atoms with Crippen LogP contribution >= 0.6 is 0 Å². The van der Waals surface area contributed by atoms with Crippen molar-refractivity contribution in [1.82, 2.24) is 5.32 Å². The molecule has 2 aromatic rings. The summed E-state index contributed by atoms with van der Waals surface area (Å²) >= 11 is 0. The normalized spacial score (nSPS) is 10.9. The van der Waals surface area contributed by atoms with Gasteiger partial charge in [0.25, 0.3) is 0 Å². The van der Waals surface area contributed by atoms with Gasteiger partial charge in [0, 0.05) is 12.6 Å². The minimum absolute atomic E-state index is 0.204. The average Bonchev–Trinajstić information content (AvgIpc) is 2.47. The molecule has 0 fully saturated rings. The van der Waals surface area contributed by atoms with Crippen molar-refractivity contribution < 1.29 is 9.13 Å². The highest BCUT2D eigenvalue weighted by atomic mass is 19.1. The summed E-state index contributed by atoms with van der Waals surface area (Å²) in [4.78, 5) is 0. The molecule has 1 N–H and O–H groups in total. The topological polar surface area (TPSA) is 21.3 Å². The Labute approximate surface area is 126 Å². The van der Waals surface area contributed by atoms with Crippen molar-refractivity contribution in [3.63, 3.8) is 0 Å². The van der Waals surface area contributed by atoms with Gasteiger partial charge in [0.1, 0.15) is 18.2 Å². The number of benzene rings is 2.